The molecule has 142 valence electrons. The van der Waals surface area contributed by atoms with Crippen molar-refractivity contribution in [2.24, 2.45) is 5.92 Å². The molecule has 1 aliphatic carbocycles. The van der Waals surface area contributed by atoms with Crippen LogP contribution in [0, 0.1) is 5.92 Å². The largest absolute Gasteiger partial charge is 0.461 e. The summed E-state index contributed by atoms with van der Waals surface area (Å²) in [5.74, 6) is -3.17. The normalized spacial score (nSPS) is 25.9. The molecule has 0 aromatic carbocycles. The number of carbonyl (C=O) groups excluding carboxylic acids is 1. The van der Waals surface area contributed by atoms with E-state index in [1.807, 2.05) is 22.6 Å². The van der Waals surface area contributed by atoms with Gasteiger partial charge < -0.3 is 9.84 Å². The van der Waals surface area contributed by atoms with Crippen LogP contribution in [-0.4, -0.2) is 43.0 Å². The molecule has 1 fully saturated rings. The molecular formula is C13H16F6I2O3. The van der Waals surface area contributed by atoms with Crippen LogP contribution < -0.4 is 0 Å². The van der Waals surface area contributed by atoms with E-state index in [-0.39, 0.29) is 17.3 Å². The minimum atomic E-state index is -5.92. The second kappa shape index (κ2) is 7.61. The molecule has 24 heavy (non-hydrogen) atoms. The van der Waals surface area contributed by atoms with Gasteiger partial charge in [-0.2, -0.15) is 26.3 Å². The molecule has 0 heterocycles. The maximum atomic E-state index is 13.1. The number of carbonyl (C=O) groups is 1. The summed E-state index contributed by atoms with van der Waals surface area (Å²) in [6, 6.07) is 0. The van der Waals surface area contributed by atoms with Gasteiger partial charge in [0.1, 0.15) is 9.53 Å². The number of alkyl halides is 8. The summed E-state index contributed by atoms with van der Waals surface area (Å²) in [6.45, 7) is 1.47. The van der Waals surface area contributed by atoms with Crippen LogP contribution in [0.15, 0.2) is 0 Å². The van der Waals surface area contributed by atoms with Gasteiger partial charge in [-0.25, -0.2) is 0 Å². The third kappa shape index (κ3) is 4.41. The van der Waals surface area contributed by atoms with E-state index in [1.54, 1.807) is 22.6 Å². The number of hydrogen-bond acceptors (Lipinski definition) is 3. The highest BCUT2D eigenvalue weighted by molar-refractivity contribution is 14.1. The standard InChI is InChI=1S/C13H16F6I2O3/c1-10(21,6-20)9(22)24-8-5-3-2-4-7(8)11(23,12(14,15)16)13(17,18)19/h7-8,23H,2-6H2,1H3. The molecule has 0 amide bonds. The monoisotopic (exact) mass is 588 g/mol. The third-order valence-electron chi connectivity index (χ3n) is 4.04. The van der Waals surface area contributed by atoms with Crippen LogP contribution in [0.5, 0.6) is 0 Å². The Hall–Kier alpha value is 0.470. The van der Waals surface area contributed by atoms with Crippen molar-refractivity contribution in [3.8, 4) is 0 Å². The van der Waals surface area contributed by atoms with Crippen LogP contribution in [-0.2, 0) is 9.53 Å². The maximum absolute atomic E-state index is 13.1. The Morgan fingerprint density at radius 2 is 1.58 bits per heavy atom. The van der Waals surface area contributed by atoms with E-state index in [0.29, 0.717) is 6.42 Å². The molecule has 0 saturated heterocycles. The summed E-state index contributed by atoms with van der Waals surface area (Å²) in [6.07, 6.45) is -13.8. The molecule has 3 nitrogen and oxygen atoms in total. The van der Waals surface area contributed by atoms with Gasteiger partial charge in [-0.15, -0.1) is 0 Å². The number of aliphatic hydroxyl groups is 1. The van der Waals surface area contributed by atoms with Gasteiger partial charge in [0, 0.05) is 10.3 Å². The molecule has 1 aliphatic rings. The van der Waals surface area contributed by atoms with Crippen molar-refractivity contribution in [1.29, 1.82) is 0 Å². The summed E-state index contributed by atoms with van der Waals surface area (Å²) >= 11 is 3.60. The zero-order valence-corrected chi connectivity index (χ0v) is 16.8. The third-order valence-corrected chi connectivity index (χ3v) is 7.85. The van der Waals surface area contributed by atoms with Crippen molar-refractivity contribution in [2.75, 3.05) is 4.43 Å². The number of hydrogen-bond donors (Lipinski definition) is 1. The zero-order chi connectivity index (χ0) is 19.0. The summed E-state index contributed by atoms with van der Waals surface area (Å²) in [5.41, 5.74) is -4.91. The summed E-state index contributed by atoms with van der Waals surface area (Å²) < 4.78 is 82.7. The van der Waals surface area contributed by atoms with Crippen molar-refractivity contribution in [3.63, 3.8) is 0 Å². The summed E-state index contributed by atoms with van der Waals surface area (Å²) in [7, 11) is 0. The van der Waals surface area contributed by atoms with Crippen molar-refractivity contribution < 1.29 is 41.0 Å². The highest BCUT2D eigenvalue weighted by Gasteiger charge is 2.75. The Kier molecular flexibility index (Phi) is 7.13. The second-order valence-corrected chi connectivity index (χ2v) is 9.07. The van der Waals surface area contributed by atoms with Crippen LogP contribution in [0.3, 0.4) is 0 Å². The molecule has 1 saturated carbocycles. The van der Waals surface area contributed by atoms with Gasteiger partial charge in [0.15, 0.2) is 0 Å². The van der Waals surface area contributed by atoms with Crippen molar-refractivity contribution in [2.45, 2.75) is 60.1 Å². The van der Waals surface area contributed by atoms with Gasteiger partial charge in [0.2, 0.25) is 0 Å². The van der Waals surface area contributed by atoms with Crippen LogP contribution in [0.2, 0.25) is 0 Å². The number of esters is 1. The number of rotatable bonds is 4. The lowest BCUT2D eigenvalue weighted by molar-refractivity contribution is -0.393. The van der Waals surface area contributed by atoms with E-state index in [4.69, 9.17) is 4.74 Å². The Bertz CT molecular complexity index is 450. The first-order chi connectivity index (χ1) is 10.7. The van der Waals surface area contributed by atoms with Crippen molar-refractivity contribution in [1.82, 2.24) is 0 Å². The summed E-state index contributed by atoms with van der Waals surface area (Å²) in [4.78, 5) is 12.1. The van der Waals surface area contributed by atoms with Crippen molar-refractivity contribution >= 4 is 51.2 Å². The van der Waals surface area contributed by atoms with Crippen LogP contribution in [0.4, 0.5) is 26.3 Å². The van der Waals surface area contributed by atoms with Gasteiger partial charge in [0.25, 0.3) is 5.60 Å². The predicted octanol–water partition coefficient (Wildman–Crippen LogP) is 4.57. The van der Waals surface area contributed by atoms with Gasteiger partial charge in [-0.3, -0.25) is 4.79 Å². The van der Waals surface area contributed by atoms with Gasteiger partial charge in [0.05, 0.1) is 0 Å². The highest BCUT2D eigenvalue weighted by atomic mass is 127. The fourth-order valence-electron chi connectivity index (χ4n) is 2.61. The minimum Gasteiger partial charge on any atom is -0.461 e. The van der Waals surface area contributed by atoms with Gasteiger partial charge >= 0.3 is 18.3 Å². The molecule has 3 unspecified atom stereocenters. The second-order valence-electron chi connectivity index (χ2n) is 5.93. The lowest BCUT2D eigenvalue weighted by Gasteiger charge is -2.44. The molecule has 0 bridgehead atoms. The van der Waals surface area contributed by atoms with Gasteiger partial charge in [-0.05, 0) is 26.2 Å². The highest BCUT2D eigenvalue weighted by Crippen LogP contribution is 2.52. The van der Waals surface area contributed by atoms with E-state index >= 15 is 0 Å². The van der Waals surface area contributed by atoms with E-state index in [2.05, 4.69) is 0 Å². The average Bonchev–Trinajstić information content (AvgIpc) is 2.44. The number of ether oxygens (including phenoxy) is 1. The first-order valence-corrected chi connectivity index (χ1v) is 9.60. The Balaban J connectivity index is 3.19. The first kappa shape index (κ1) is 22.5. The maximum Gasteiger partial charge on any atom is 0.426 e. The Labute approximate surface area is 162 Å². The van der Waals surface area contributed by atoms with Crippen LogP contribution in [0.25, 0.3) is 0 Å². The van der Waals surface area contributed by atoms with E-state index in [0.717, 1.165) is 0 Å². The molecule has 11 heteroatoms. The fraction of sp³-hybridized carbons (Fsp3) is 0.923. The molecule has 1 N–H and O–H groups in total. The first-order valence-electron chi connectivity index (χ1n) is 7.00. The van der Waals surface area contributed by atoms with E-state index < -0.39 is 45.8 Å². The molecule has 0 spiro atoms. The fourth-order valence-corrected chi connectivity index (χ4v) is 3.05. The molecular weight excluding hydrogens is 572 g/mol. The molecule has 3 atom stereocenters. The lowest BCUT2D eigenvalue weighted by atomic mass is 9.74. The molecule has 0 aliphatic heterocycles. The van der Waals surface area contributed by atoms with E-state index in [9.17, 15) is 36.2 Å². The van der Waals surface area contributed by atoms with E-state index in [1.165, 1.54) is 6.92 Å². The minimum absolute atomic E-state index is 0.0843. The molecule has 0 aromatic heterocycles. The topological polar surface area (TPSA) is 46.5 Å². The van der Waals surface area contributed by atoms with Gasteiger partial charge in [-0.1, -0.05) is 51.6 Å². The van der Waals surface area contributed by atoms with Crippen molar-refractivity contribution in [3.05, 3.63) is 0 Å². The Morgan fingerprint density at radius 1 is 1.12 bits per heavy atom. The zero-order valence-electron chi connectivity index (χ0n) is 12.5. The van der Waals surface area contributed by atoms with Crippen LogP contribution in [0.1, 0.15) is 32.6 Å². The molecule has 0 aromatic rings. The predicted molar refractivity (Wildman–Crippen MR) is 90.2 cm³/mol. The SMILES string of the molecule is CC(I)(CI)C(=O)OC1CCCCC1C(O)(C(F)(F)F)C(F)(F)F. The van der Waals surface area contributed by atoms with Crippen LogP contribution >= 0.6 is 45.2 Å². The number of halogens is 8. The summed E-state index contributed by atoms with van der Waals surface area (Å²) in [5, 5.41) is 9.61. The average molecular weight is 588 g/mol. The molecule has 1 rings (SSSR count). The quantitative estimate of drug-likeness (QED) is 0.227. The Morgan fingerprint density at radius 3 is 2.00 bits per heavy atom. The lowest BCUT2D eigenvalue weighted by Crippen LogP contribution is -2.65. The smallest absolute Gasteiger partial charge is 0.426 e. The molecule has 0 radical (unpaired) electrons.